The van der Waals surface area contributed by atoms with Gasteiger partial charge in [-0.3, -0.25) is 19.9 Å². The first-order valence-electron chi connectivity index (χ1n) is 6.79. The molecule has 2 aromatic rings. The average Bonchev–Trinajstić information content (AvgIpc) is 2.53. The summed E-state index contributed by atoms with van der Waals surface area (Å²) in [6.45, 7) is 3.41. The Balaban J connectivity index is 2.26. The molecule has 0 fully saturated rings. The summed E-state index contributed by atoms with van der Waals surface area (Å²) in [5, 5.41) is 31.9. The number of nitrogens with one attached hydrogen (secondary N) is 2. The summed E-state index contributed by atoms with van der Waals surface area (Å²) < 4.78 is 5.16. The first kappa shape index (κ1) is 16.9. The highest BCUT2D eigenvalue weighted by atomic mass is 16.6. The number of hydrogen-bond acceptors (Lipinski definition) is 9. The summed E-state index contributed by atoms with van der Waals surface area (Å²) in [6, 6.07) is 2.52. The monoisotopic (exact) mass is 334 g/mol. The van der Waals surface area contributed by atoms with Crippen LogP contribution in [0.3, 0.4) is 0 Å². The van der Waals surface area contributed by atoms with Crippen LogP contribution in [0.1, 0.15) is 18.2 Å². The number of ether oxygens (including phenoxy) is 1. The molecule has 1 aromatic carbocycles. The molecular formula is C13H14N6O5. The first-order chi connectivity index (χ1) is 11.4. The number of hydrazone groups is 1. The highest BCUT2D eigenvalue weighted by molar-refractivity contribution is 5.83. The van der Waals surface area contributed by atoms with E-state index in [4.69, 9.17) is 4.74 Å². The van der Waals surface area contributed by atoms with E-state index < -0.39 is 21.9 Å². The van der Waals surface area contributed by atoms with Gasteiger partial charge in [-0.05, 0) is 19.9 Å². The van der Waals surface area contributed by atoms with Crippen LogP contribution in [0.15, 0.2) is 22.0 Å². The smallest absolute Gasteiger partial charge is 0.315 e. The van der Waals surface area contributed by atoms with E-state index in [0.717, 1.165) is 6.07 Å². The molecule has 0 saturated heterocycles. The lowest BCUT2D eigenvalue weighted by molar-refractivity contribution is -0.386. The van der Waals surface area contributed by atoms with Gasteiger partial charge in [0.05, 0.1) is 17.7 Å². The van der Waals surface area contributed by atoms with Gasteiger partial charge in [0, 0.05) is 11.6 Å². The van der Waals surface area contributed by atoms with E-state index in [1.54, 1.807) is 6.92 Å². The van der Waals surface area contributed by atoms with Crippen molar-refractivity contribution in [2.45, 2.75) is 13.8 Å². The van der Waals surface area contributed by atoms with Crippen LogP contribution in [-0.2, 0) is 0 Å². The van der Waals surface area contributed by atoms with E-state index in [-0.39, 0.29) is 24.0 Å². The van der Waals surface area contributed by atoms with E-state index in [9.17, 15) is 20.0 Å². The van der Waals surface area contributed by atoms with Crippen LogP contribution < -0.4 is 15.7 Å². The molecule has 0 bridgehead atoms. The number of anilines is 1. The number of hydrogen-bond donors (Lipinski definition) is 3. The molecule has 0 aliphatic heterocycles. The Morgan fingerprint density at radius 3 is 2.88 bits per heavy atom. The third-order valence-electron chi connectivity index (χ3n) is 2.82. The van der Waals surface area contributed by atoms with E-state index in [1.165, 1.54) is 19.2 Å². The second-order valence-electron chi connectivity index (χ2n) is 4.54. The number of phenols is 1. The largest absolute Gasteiger partial charge is 0.500 e. The molecule has 0 amide bonds. The van der Waals surface area contributed by atoms with Crippen LogP contribution in [-0.4, -0.2) is 38.0 Å². The Morgan fingerprint density at radius 2 is 2.25 bits per heavy atom. The van der Waals surface area contributed by atoms with Gasteiger partial charge in [-0.15, -0.1) is 10.2 Å². The summed E-state index contributed by atoms with van der Waals surface area (Å²) >= 11 is 0. The summed E-state index contributed by atoms with van der Waals surface area (Å²) in [4.78, 5) is 24.0. The van der Waals surface area contributed by atoms with Crippen LogP contribution in [0.25, 0.3) is 0 Å². The molecule has 1 aromatic heterocycles. The van der Waals surface area contributed by atoms with Crippen LogP contribution in [0, 0.1) is 17.0 Å². The number of benzene rings is 1. The lowest BCUT2D eigenvalue weighted by Gasteiger charge is -2.07. The predicted molar refractivity (Wildman–Crippen MR) is 84.5 cm³/mol. The molecule has 24 heavy (non-hydrogen) atoms. The van der Waals surface area contributed by atoms with Gasteiger partial charge in [0.15, 0.2) is 5.75 Å². The summed E-state index contributed by atoms with van der Waals surface area (Å²) in [7, 11) is 0. The minimum atomic E-state index is -0.731. The first-order valence-corrected chi connectivity index (χ1v) is 6.79. The Kier molecular flexibility index (Phi) is 5.04. The number of nitro groups is 1. The van der Waals surface area contributed by atoms with Crippen LogP contribution in [0.2, 0.25) is 0 Å². The van der Waals surface area contributed by atoms with Gasteiger partial charge in [0.1, 0.15) is 5.69 Å². The van der Waals surface area contributed by atoms with Gasteiger partial charge in [0.25, 0.3) is 5.56 Å². The molecule has 0 radical (unpaired) electrons. The molecule has 3 N–H and O–H groups in total. The van der Waals surface area contributed by atoms with Gasteiger partial charge in [-0.25, -0.2) is 5.43 Å². The van der Waals surface area contributed by atoms with Crippen molar-refractivity contribution in [3.63, 3.8) is 0 Å². The average molecular weight is 334 g/mol. The maximum Gasteiger partial charge on any atom is 0.315 e. The lowest BCUT2D eigenvalue weighted by atomic mass is 10.2. The number of rotatable bonds is 6. The van der Waals surface area contributed by atoms with Gasteiger partial charge < -0.3 is 9.84 Å². The fraction of sp³-hybridized carbons (Fsp3) is 0.231. The molecular weight excluding hydrogens is 320 g/mol. The van der Waals surface area contributed by atoms with Crippen molar-refractivity contribution in [1.82, 2.24) is 15.2 Å². The van der Waals surface area contributed by atoms with Crippen molar-refractivity contribution >= 4 is 17.9 Å². The number of aryl methyl sites for hydroxylation is 1. The molecule has 0 aliphatic rings. The van der Waals surface area contributed by atoms with Crippen molar-refractivity contribution in [3.8, 4) is 11.5 Å². The van der Waals surface area contributed by atoms with E-state index in [0.29, 0.717) is 5.56 Å². The highest BCUT2D eigenvalue weighted by Gasteiger charge is 2.19. The SMILES string of the molecule is CCOc1cc(/C=N\Nc2nnc(C)c(=O)[nH]2)cc([N+](=O)[O-])c1O. The molecule has 1 heterocycles. The Morgan fingerprint density at radius 1 is 1.50 bits per heavy atom. The Hall–Kier alpha value is -3.50. The van der Waals surface area contributed by atoms with Gasteiger partial charge in [0.2, 0.25) is 11.7 Å². The topological polar surface area (TPSA) is 156 Å². The third kappa shape index (κ3) is 3.82. The van der Waals surface area contributed by atoms with Crippen molar-refractivity contribution in [2.24, 2.45) is 5.10 Å². The zero-order valence-electron chi connectivity index (χ0n) is 12.8. The molecule has 11 heteroatoms. The maximum atomic E-state index is 11.4. The van der Waals surface area contributed by atoms with Crippen molar-refractivity contribution in [3.05, 3.63) is 43.9 Å². The van der Waals surface area contributed by atoms with Crippen molar-refractivity contribution in [2.75, 3.05) is 12.0 Å². The van der Waals surface area contributed by atoms with Crippen LogP contribution in [0.4, 0.5) is 11.6 Å². The summed E-state index contributed by atoms with van der Waals surface area (Å²) in [5.74, 6) is -0.572. The number of phenolic OH excluding ortho intramolecular Hbond substituents is 1. The number of aromatic amines is 1. The summed E-state index contributed by atoms with van der Waals surface area (Å²) in [6.07, 6.45) is 1.24. The molecule has 126 valence electrons. The summed E-state index contributed by atoms with van der Waals surface area (Å²) in [5.41, 5.74) is 2.03. The van der Waals surface area contributed by atoms with Crippen LogP contribution >= 0.6 is 0 Å². The fourth-order valence-electron chi connectivity index (χ4n) is 1.70. The molecule has 0 aliphatic carbocycles. The highest BCUT2D eigenvalue weighted by Crippen LogP contribution is 2.36. The number of nitrogens with zero attached hydrogens (tertiary/aromatic N) is 4. The second kappa shape index (κ2) is 7.17. The molecule has 0 atom stereocenters. The molecule has 0 unspecified atom stereocenters. The number of H-pyrrole nitrogens is 1. The standard InChI is InChI=1S/C13H14N6O5/c1-3-24-10-5-8(4-9(11(10)20)19(22)23)6-14-17-13-15-12(21)7(2)16-18-13/h4-6,20H,3H2,1-2H3,(H2,15,17,18,21)/b14-6-. The van der Waals surface area contributed by atoms with Gasteiger partial charge in [-0.1, -0.05) is 0 Å². The van der Waals surface area contributed by atoms with Crippen LogP contribution in [0.5, 0.6) is 11.5 Å². The predicted octanol–water partition coefficient (Wildman–Crippen LogP) is 0.932. The maximum absolute atomic E-state index is 11.4. The Labute approximate surface area is 135 Å². The third-order valence-corrected chi connectivity index (χ3v) is 2.82. The minimum Gasteiger partial charge on any atom is -0.500 e. The fourth-order valence-corrected chi connectivity index (χ4v) is 1.70. The van der Waals surface area contributed by atoms with E-state index in [1.807, 2.05) is 0 Å². The Bertz CT molecular complexity index is 847. The molecule has 11 nitrogen and oxygen atoms in total. The van der Waals surface area contributed by atoms with Crippen molar-refractivity contribution < 1.29 is 14.8 Å². The second-order valence-corrected chi connectivity index (χ2v) is 4.54. The van der Waals surface area contributed by atoms with Crippen molar-refractivity contribution in [1.29, 1.82) is 0 Å². The zero-order valence-corrected chi connectivity index (χ0v) is 12.8. The number of nitro benzene ring substituents is 1. The molecule has 2 rings (SSSR count). The van der Waals surface area contributed by atoms with Gasteiger partial charge >= 0.3 is 5.69 Å². The normalized spacial score (nSPS) is 10.8. The molecule has 0 spiro atoms. The number of aromatic nitrogens is 3. The minimum absolute atomic E-state index is 0.0140. The quantitative estimate of drug-likeness (QED) is 0.400. The zero-order chi connectivity index (χ0) is 17.7. The molecule has 0 saturated carbocycles. The van der Waals surface area contributed by atoms with E-state index >= 15 is 0 Å². The lowest BCUT2D eigenvalue weighted by Crippen LogP contribution is -2.15. The van der Waals surface area contributed by atoms with E-state index in [2.05, 4.69) is 25.7 Å². The number of aromatic hydroxyl groups is 1. The van der Waals surface area contributed by atoms with Gasteiger partial charge in [-0.2, -0.15) is 5.10 Å².